The Morgan fingerprint density at radius 1 is 1.17 bits per heavy atom. The zero-order chi connectivity index (χ0) is 20.6. The normalized spacial score (nSPS) is 11.9. The molecule has 0 amide bonds. The van der Waals surface area contributed by atoms with Gasteiger partial charge in [-0.2, -0.15) is 33.7 Å². The molecule has 0 aliphatic rings. The van der Waals surface area contributed by atoms with E-state index in [9.17, 15) is 17.6 Å². The van der Waals surface area contributed by atoms with Crippen LogP contribution in [-0.2, 0) is 12.6 Å². The Labute approximate surface area is 161 Å². The van der Waals surface area contributed by atoms with Gasteiger partial charge in [-0.3, -0.25) is 4.98 Å². The number of aromatic nitrogens is 6. The lowest BCUT2D eigenvalue weighted by molar-refractivity contribution is -0.136. The van der Waals surface area contributed by atoms with Crippen LogP contribution in [0.2, 0.25) is 0 Å². The van der Waals surface area contributed by atoms with Crippen molar-refractivity contribution in [2.45, 2.75) is 19.5 Å². The predicted molar refractivity (Wildman–Crippen MR) is 93.7 cm³/mol. The molecule has 1 N–H and O–H groups in total. The number of pyridine rings is 2. The monoisotopic (exact) mass is 406 g/mol. The highest BCUT2D eigenvalue weighted by Crippen LogP contribution is 2.38. The third-order valence-corrected chi connectivity index (χ3v) is 4.28. The molecule has 0 aliphatic heterocycles. The van der Waals surface area contributed by atoms with Crippen molar-refractivity contribution in [3.63, 3.8) is 0 Å². The van der Waals surface area contributed by atoms with E-state index in [1.807, 2.05) is 0 Å². The van der Waals surface area contributed by atoms with Crippen molar-refractivity contribution < 1.29 is 22.3 Å². The summed E-state index contributed by atoms with van der Waals surface area (Å²) >= 11 is 0. The van der Waals surface area contributed by atoms with E-state index in [1.165, 1.54) is 24.4 Å². The molecule has 4 heterocycles. The fraction of sp³-hybridized carbons (Fsp3) is 0.222. The lowest BCUT2D eigenvalue weighted by Crippen LogP contribution is -2.08. The van der Waals surface area contributed by atoms with Crippen molar-refractivity contribution >= 4 is 5.52 Å². The van der Waals surface area contributed by atoms with E-state index in [0.717, 1.165) is 16.9 Å². The molecule has 0 saturated heterocycles. The summed E-state index contributed by atoms with van der Waals surface area (Å²) in [6.45, 7) is 1.76. The molecule has 150 valence electrons. The molecular weight excluding hydrogens is 392 g/mol. The minimum absolute atomic E-state index is 0.00293. The summed E-state index contributed by atoms with van der Waals surface area (Å²) in [4.78, 5) is 3.91. The first-order valence-corrected chi connectivity index (χ1v) is 8.52. The van der Waals surface area contributed by atoms with E-state index >= 15 is 0 Å². The molecule has 0 fully saturated rings. The number of aryl methyl sites for hydroxylation is 1. The first-order chi connectivity index (χ1) is 13.8. The van der Waals surface area contributed by atoms with Crippen LogP contribution in [0.4, 0.5) is 17.6 Å². The minimum Gasteiger partial charge on any atom is -0.491 e. The zero-order valence-corrected chi connectivity index (χ0v) is 15.0. The largest absolute Gasteiger partial charge is 0.491 e. The van der Waals surface area contributed by atoms with Crippen LogP contribution >= 0.6 is 0 Å². The standard InChI is InChI=1S/C18H14F4N6O/c1-10-16(26-27-25-10)11-6-15(29-5-4-13-3-2-12(19)7-23-13)17-14(18(20,21)22)8-24-28(17)9-11/h2-3,6-9H,4-5H2,1H3,(H,25,26,27). The number of H-pyrrole nitrogens is 1. The highest BCUT2D eigenvalue weighted by molar-refractivity contribution is 5.73. The second-order valence-electron chi connectivity index (χ2n) is 6.27. The number of nitrogens with zero attached hydrogens (tertiary/aromatic N) is 5. The molecule has 4 aromatic heterocycles. The Balaban J connectivity index is 1.71. The van der Waals surface area contributed by atoms with Gasteiger partial charge in [0.15, 0.2) is 0 Å². The van der Waals surface area contributed by atoms with Gasteiger partial charge in [-0.25, -0.2) is 8.91 Å². The number of alkyl halides is 3. The summed E-state index contributed by atoms with van der Waals surface area (Å²) < 4.78 is 60.0. The van der Waals surface area contributed by atoms with Crippen molar-refractivity contribution in [2.24, 2.45) is 0 Å². The Morgan fingerprint density at radius 3 is 2.66 bits per heavy atom. The van der Waals surface area contributed by atoms with Crippen LogP contribution in [0.15, 0.2) is 36.8 Å². The van der Waals surface area contributed by atoms with Crippen LogP contribution in [0.1, 0.15) is 17.0 Å². The van der Waals surface area contributed by atoms with Gasteiger partial charge in [-0.05, 0) is 25.1 Å². The summed E-state index contributed by atoms with van der Waals surface area (Å²) in [5.41, 5.74) is 0.992. The number of aromatic amines is 1. The van der Waals surface area contributed by atoms with Gasteiger partial charge in [0.25, 0.3) is 0 Å². The maximum absolute atomic E-state index is 13.4. The number of fused-ring (bicyclic) bond motifs is 1. The summed E-state index contributed by atoms with van der Waals surface area (Å²) in [6.07, 6.45) is -1.05. The highest BCUT2D eigenvalue weighted by atomic mass is 19.4. The number of hydrogen-bond donors (Lipinski definition) is 1. The summed E-state index contributed by atoms with van der Waals surface area (Å²) in [6, 6.07) is 4.21. The summed E-state index contributed by atoms with van der Waals surface area (Å²) in [7, 11) is 0. The molecule has 4 aromatic rings. The SMILES string of the molecule is Cc1n[nH]nc1-c1cc(OCCc2ccc(F)cn2)c2c(C(F)(F)F)cnn2c1. The molecule has 0 radical (unpaired) electrons. The summed E-state index contributed by atoms with van der Waals surface area (Å²) in [5.74, 6) is -0.474. The molecule has 7 nitrogen and oxygen atoms in total. The Morgan fingerprint density at radius 2 is 2.00 bits per heavy atom. The number of halogens is 4. The third-order valence-electron chi connectivity index (χ3n) is 4.28. The fourth-order valence-electron chi connectivity index (χ4n) is 2.91. The summed E-state index contributed by atoms with van der Waals surface area (Å²) in [5, 5.41) is 14.3. The third kappa shape index (κ3) is 3.75. The molecule has 0 unspecified atom stereocenters. The lowest BCUT2D eigenvalue weighted by atomic mass is 10.1. The van der Waals surface area contributed by atoms with Crippen LogP contribution in [0.25, 0.3) is 16.8 Å². The van der Waals surface area contributed by atoms with Gasteiger partial charge in [0.1, 0.15) is 28.3 Å². The maximum Gasteiger partial charge on any atom is 0.420 e. The Hall–Kier alpha value is -3.50. The van der Waals surface area contributed by atoms with Gasteiger partial charge in [0.05, 0.1) is 24.7 Å². The van der Waals surface area contributed by atoms with Crippen LogP contribution in [0.3, 0.4) is 0 Å². The van der Waals surface area contributed by atoms with E-state index in [-0.39, 0.29) is 24.3 Å². The van der Waals surface area contributed by atoms with E-state index in [2.05, 4.69) is 25.5 Å². The molecular formula is C18H14F4N6O. The smallest absolute Gasteiger partial charge is 0.420 e. The molecule has 11 heteroatoms. The number of nitrogens with one attached hydrogen (secondary N) is 1. The fourth-order valence-corrected chi connectivity index (χ4v) is 2.91. The minimum atomic E-state index is -4.59. The number of rotatable bonds is 5. The quantitative estimate of drug-likeness (QED) is 0.512. The van der Waals surface area contributed by atoms with Gasteiger partial charge in [-0.15, -0.1) is 0 Å². The van der Waals surface area contributed by atoms with Gasteiger partial charge < -0.3 is 4.74 Å². The van der Waals surface area contributed by atoms with E-state index in [4.69, 9.17) is 4.74 Å². The van der Waals surface area contributed by atoms with Crippen LogP contribution in [0, 0.1) is 12.7 Å². The second kappa shape index (κ2) is 7.15. The predicted octanol–water partition coefficient (Wildman–Crippen LogP) is 3.60. The van der Waals surface area contributed by atoms with Gasteiger partial charge in [0, 0.05) is 23.9 Å². The van der Waals surface area contributed by atoms with Gasteiger partial charge >= 0.3 is 6.18 Å². The van der Waals surface area contributed by atoms with Gasteiger partial charge in [-0.1, -0.05) is 0 Å². The Kier molecular flexibility index (Phi) is 4.65. The topological polar surface area (TPSA) is 81.0 Å². The average molecular weight is 406 g/mol. The van der Waals surface area contributed by atoms with Crippen molar-refractivity contribution in [3.8, 4) is 17.0 Å². The van der Waals surface area contributed by atoms with Crippen LogP contribution < -0.4 is 4.74 Å². The highest BCUT2D eigenvalue weighted by Gasteiger charge is 2.36. The lowest BCUT2D eigenvalue weighted by Gasteiger charge is -2.12. The van der Waals surface area contributed by atoms with Crippen LogP contribution in [-0.4, -0.2) is 36.6 Å². The number of hydrogen-bond acceptors (Lipinski definition) is 5. The maximum atomic E-state index is 13.4. The van der Waals surface area contributed by atoms with Gasteiger partial charge in [0.2, 0.25) is 0 Å². The van der Waals surface area contributed by atoms with E-state index in [1.54, 1.807) is 6.92 Å². The molecule has 29 heavy (non-hydrogen) atoms. The molecule has 0 atom stereocenters. The molecule has 0 saturated carbocycles. The van der Waals surface area contributed by atoms with E-state index < -0.39 is 17.6 Å². The molecule has 0 aliphatic carbocycles. The number of ether oxygens (including phenoxy) is 1. The van der Waals surface area contributed by atoms with Crippen LogP contribution in [0.5, 0.6) is 5.75 Å². The molecule has 0 aromatic carbocycles. The zero-order valence-electron chi connectivity index (χ0n) is 15.0. The van der Waals surface area contributed by atoms with Crippen molar-refractivity contribution in [2.75, 3.05) is 6.61 Å². The first kappa shape index (κ1) is 18.8. The molecule has 4 rings (SSSR count). The van der Waals surface area contributed by atoms with Crippen molar-refractivity contribution in [1.82, 2.24) is 30.0 Å². The van der Waals surface area contributed by atoms with E-state index in [0.29, 0.717) is 22.6 Å². The second-order valence-corrected chi connectivity index (χ2v) is 6.27. The average Bonchev–Trinajstić information content (AvgIpc) is 3.29. The van der Waals surface area contributed by atoms with Crippen molar-refractivity contribution in [3.05, 3.63) is 59.6 Å². The molecule has 0 spiro atoms. The first-order valence-electron chi connectivity index (χ1n) is 8.52. The van der Waals surface area contributed by atoms with Crippen molar-refractivity contribution in [1.29, 1.82) is 0 Å². The molecule has 0 bridgehead atoms. The Bertz CT molecular complexity index is 1150.